The number of ether oxygens (including phenoxy) is 2. The van der Waals surface area contributed by atoms with Crippen LogP contribution in [0.3, 0.4) is 0 Å². The number of benzene rings is 2. The molecular formula is C30H39N3O5. The van der Waals surface area contributed by atoms with Gasteiger partial charge in [-0.3, -0.25) is 4.79 Å². The Bertz CT molecular complexity index is 1220. The largest absolute Gasteiger partial charge is 0.459 e. The van der Waals surface area contributed by atoms with E-state index in [1.165, 1.54) is 0 Å². The van der Waals surface area contributed by atoms with Crippen LogP contribution in [0.25, 0.3) is 10.9 Å². The lowest BCUT2D eigenvalue weighted by molar-refractivity contribution is -0.149. The summed E-state index contributed by atoms with van der Waals surface area (Å²) >= 11 is 0. The highest BCUT2D eigenvalue weighted by Gasteiger charge is 2.30. The van der Waals surface area contributed by atoms with Gasteiger partial charge >= 0.3 is 12.1 Å². The molecular weight excluding hydrogens is 482 g/mol. The summed E-state index contributed by atoms with van der Waals surface area (Å²) in [4.78, 5) is 42.5. The molecule has 0 fully saturated rings. The maximum Gasteiger partial charge on any atom is 0.408 e. The summed E-state index contributed by atoms with van der Waals surface area (Å²) in [6.45, 7) is 9.40. The molecule has 0 aliphatic carbocycles. The Morgan fingerprint density at radius 1 is 0.947 bits per heavy atom. The molecule has 3 atom stereocenters. The summed E-state index contributed by atoms with van der Waals surface area (Å²) in [5, 5.41) is 6.52. The Kier molecular flexibility index (Phi) is 9.93. The van der Waals surface area contributed by atoms with E-state index in [1.54, 1.807) is 20.8 Å². The lowest BCUT2D eigenvalue weighted by Gasteiger charge is -2.26. The molecule has 8 nitrogen and oxygen atoms in total. The predicted octanol–water partition coefficient (Wildman–Crippen LogP) is 5.27. The smallest absolute Gasteiger partial charge is 0.408 e. The SMILES string of the molecule is CC[C@H](C)C[C@H](NC(=O)OC(C)(C)C)C(=O)N[C@@H](Cc1c[nH]c2ccccc12)C(=O)OCc1ccccc1. The molecule has 1 aromatic heterocycles. The summed E-state index contributed by atoms with van der Waals surface area (Å²) in [6, 6.07) is 15.3. The van der Waals surface area contributed by atoms with Crippen LogP contribution in [0.5, 0.6) is 0 Å². The minimum atomic E-state index is -0.953. The number of alkyl carbamates (subject to hydrolysis) is 1. The van der Waals surface area contributed by atoms with Crippen LogP contribution in [0, 0.1) is 5.92 Å². The number of aromatic nitrogens is 1. The number of carbonyl (C=O) groups is 3. The van der Waals surface area contributed by atoms with Gasteiger partial charge in [-0.05, 0) is 50.3 Å². The van der Waals surface area contributed by atoms with Gasteiger partial charge in [-0.25, -0.2) is 9.59 Å². The number of H-pyrrole nitrogens is 1. The maximum atomic E-state index is 13.5. The van der Waals surface area contributed by atoms with Gasteiger partial charge in [-0.15, -0.1) is 0 Å². The standard InChI is InChI=1S/C30H39N3O5/c1-6-20(2)16-25(33-29(36)38-30(3,4)5)27(34)32-26(28(35)37-19-21-12-8-7-9-13-21)17-22-18-31-24-15-11-10-14-23(22)24/h7-15,18,20,25-26,31H,6,16-17,19H2,1-5H3,(H,32,34)(H,33,36)/t20-,25-,26-/m0/s1. The molecule has 204 valence electrons. The molecule has 38 heavy (non-hydrogen) atoms. The quantitative estimate of drug-likeness (QED) is 0.298. The summed E-state index contributed by atoms with van der Waals surface area (Å²) in [7, 11) is 0. The van der Waals surface area contributed by atoms with E-state index < -0.39 is 35.7 Å². The molecule has 3 rings (SSSR count). The number of carbonyl (C=O) groups excluding carboxylic acids is 3. The first-order chi connectivity index (χ1) is 18.1. The molecule has 0 saturated heterocycles. The molecule has 3 aromatic rings. The number of aromatic amines is 1. The molecule has 0 bridgehead atoms. The third-order valence-corrected chi connectivity index (χ3v) is 6.27. The fourth-order valence-electron chi connectivity index (χ4n) is 4.07. The van der Waals surface area contributed by atoms with Crippen LogP contribution in [0.1, 0.15) is 58.6 Å². The highest BCUT2D eigenvalue weighted by atomic mass is 16.6. The van der Waals surface area contributed by atoms with Crippen molar-refractivity contribution in [1.29, 1.82) is 0 Å². The summed E-state index contributed by atoms with van der Waals surface area (Å²) in [5.41, 5.74) is 1.95. The number of rotatable bonds is 11. The molecule has 0 saturated carbocycles. The number of amides is 2. The molecule has 0 radical (unpaired) electrons. The van der Waals surface area contributed by atoms with Crippen LogP contribution >= 0.6 is 0 Å². The van der Waals surface area contributed by atoms with E-state index in [0.717, 1.165) is 28.5 Å². The van der Waals surface area contributed by atoms with Gasteiger partial charge in [0, 0.05) is 23.5 Å². The first kappa shape index (κ1) is 28.8. The predicted molar refractivity (Wildman–Crippen MR) is 147 cm³/mol. The topological polar surface area (TPSA) is 110 Å². The van der Waals surface area contributed by atoms with E-state index in [0.29, 0.717) is 6.42 Å². The average molecular weight is 522 g/mol. The second kappa shape index (κ2) is 13.1. The summed E-state index contributed by atoms with van der Waals surface area (Å²) in [6.07, 6.45) is 2.62. The van der Waals surface area contributed by atoms with E-state index in [9.17, 15) is 14.4 Å². The Morgan fingerprint density at radius 2 is 1.63 bits per heavy atom. The van der Waals surface area contributed by atoms with Gasteiger partial charge in [-0.1, -0.05) is 68.8 Å². The van der Waals surface area contributed by atoms with Gasteiger partial charge in [0.15, 0.2) is 0 Å². The first-order valence-electron chi connectivity index (χ1n) is 13.1. The molecule has 0 aliphatic rings. The molecule has 0 spiro atoms. The number of fused-ring (bicyclic) bond motifs is 1. The average Bonchev–Trinajstić information content (AvgIpc) is 3.28. The molecule has 2 amide bonds. The van der Waals surface area contributed by atoms with E-state index >= 15 is 0 Å². The van der Waals surface area contributed by atoms with Gasteiger partial charge in [0.1, 0.15) is 24.3 Å². The van der Waals surface area contributed by atoms with Crippen molar-refractivity contribution in [2.45, 2.75) is 78.2 Å². The number of esters is 1. The lowest BCUT2D eigenvalue weighted by Crippen LogP contribution is -2.53. The zero-order valence-electron chi connectivity index (χ0n) is 22.9. The van der Waals surface area contributed by atoms with Gasteiger partial charge in [0.2, 0.25) is 5.91 Å². The van der Waals surface area contributed by atoms with Crippen LogP contribution in [-0.4, -0.2) is 40.6 Å². The number of para-hydroxylation sites is 1. The van der Waals surface area contributed by atoms with Gasteiger partial charge < -0.3 is 25.1 Å². The molecule has 3 N–H and O–H groups in total. The lowest BCUT2D eigenvalue weighted by atomic mass is 9.98. The third kappa shape index (κ3) is 8.64. The van der Waals surface area contributed by atoms with E-state index in [1.807, 2.05) is 74.6 Å². The van der Waals surface area contributed by atoms with Crippen LogP contribution in [-0.2, 0) is 32.1 Å². The zero-order valence-corrected chi connectivity index (χ0v) is 22.9. The van der Waals surface area contributed by atoms with E-state index in [2.05, 4.69) is 15.6 Å². The second-order valence-corrected chi connectivity index (χ2v) is 10.7. The summed E-state index contributed by atoms with van der Waals surface area (Å²) in [5.74, 6) is -0.845. The van der Waals surface area contributed by atoms with Gasteiger partial charge in [0.25, 0.3) is 0 Å². The van der Waals surface area contributed by atoms with E-state index in [-0.39, 0.29) is 18.9 Å². The molecule has 0 aliphatic heterocycles. The van der Waals surface area contributed by atoms with Gasteiger partial charge in [0.05, 0.1) is 0 Å². The van der Waals surface area contributed by atoms with Crippen LogP contribution in [0.15, 0.2) is 60.8 Å². The van der Waals surface area contributed by atoms with Crippen LogP contribution < -0.4 is 10.6 Å². The Hall–Kier alpha value is -3.81. The molecule has 1 heterocycles. The first-order valence-corrected chi connectivity index (χ1v) is 13.1. The molecule has 8 heteroatoms. The highest BCUT2D eigenvalue weighted by molar-refractivity contribution is 5.90. The fraction of sp³-hybridized carbons (Fsp3) is 0.433. The second-order valence-electron chi connectivity index (χ2n) is 10.7. The Labute approximate surface area is 224 Å². The fourth-order valence-corrected chi connectivity index (χ4v) is 4.07. The normalized spacial score (nSPS) is 13.8. The number of hydrogen-bond acceptors (Lipinski definition) is 5. The van der Waals surface area contributed by atoms with Crippen LogP contribution in [0.2, 0.25) is 0 Å². The van der Waals surface area contributed by atoms with Gasteiger partial charge in [-0.2, -0.15) is 0 Å². The Balaban J connectivity index is 1.80. The Morgan fingerprint density at radius 3 is 2.32 bits per heavy atom. The number of nitrogens with one attached hydrogen (secondary N) is 3. The molecule has 2 aromatic carbocycles. The van der Waals surface area contributed by atoms with Crippen LogP contribution in [0.4, 0.5) is 4.79 Å². The van der Waals surface area contributed by atoms with Crippen molar-refractivity contribution in [1.82, 2.24) is 15.6 Å². The monoisotopic (exact) mass is 521 g/mol. The van der Waals surface area contributed by atoms with Crippen molar-refractivity contribution in [2.75, 3.05) is 0 Å². The van der Waals surface area contributed by atoms with Crippen molar-refractivity contribution in [3.05, 3.63) is 71.9 Å². The van der Waals surface area contributed by atoms with Crippen molar-refractivity contribution >= 4 is 28.9 Å². The van der Waals surface area contributed by atoms with E-state index in [4.69, 9.17) is 9.47 Å². The van der Waals surface area contributed by atoms with Crippen molar-refractivity contribution in [3.8, 4) is 0 Å². The van der Waals surface area contributed by atoms with Crippen molar-refractivity contribution in [2.24, 2.45) is 5.92 Å². The summed E-state index contributed by atoms with van der Waals surface area (Å²) < 4.78 is 11.0. The maximum absolute atomic E-state index is 13.5. The van der Waals surface area contributed by atoms with Crippen molar-refractivity contribution in [3.63, 3.8) is 0 Å². The highest BCUT2D eigenvalue weighted by Crippen LogP contribution is 2.20. The van der Waals surface area contributed by atoms with Crippen molar-refractivity contribution < 1.29 is 23.9 Å². The zero-order chi connectivity index (χ0) is 27.7. The molecule has 0 unspecified atom stereocenters. The minimum absolute atomic E-state index is 0.0897. The minimum Gasteiger partial charge on any atom is -0.459 e. The number of hydrogen-bond donors (Lipinski definition) is 3. The third-order valence-electron chi connectivity index (χ3n) is 6.27.